The highest BCUT2D eigenvalue weighted by Crippen LogP contribution is 2.56. The molecule has 150 valence electrons. The lowest BCUT2D eigenvalue weighted by Gasteiger charge is -2.43. The Morgan fingerprint density at radius 2 is 2.00 bits per heavy atom. The van der Waals surface area contributed by atoms with Crippen LogP contribution in [0.2, 0.25) is 0 Å². The number of phenols is 1. The van der Waals surface area contributed by atoms with Crippen molar-refractivity contribution in [3.63, 3.8) is 0 Å². The zero-order valence-electron chi connectivity index (χ0n) is 17.9. The average molecular weight is 373 g/mol. The number of nitrogens with one attached hydrogen (secondary N) is 1. The molecule has 2 aliphatic carbocycles. The molecule has 0 fully saturated rings. The zero-order chi connectivity index (χ0) is 20.4. The van der Waals surface area contributed by atoms with Gasteiger partial charge in [0.2, 0.25) is 0 Å². The van der Waals surface area contributed by atoms with Crippen LogP contribution in [0, 0.1) is 11.3 Å². The lowest BCUT2D eigenvalue weighted by atomic mass is 9.62. The average Bonchev–Trinajstić information content (AvgIpc) is 2.64. The summed E-state index contributed by atoms with van der Waals surface area (Å²) in [6, 6.07) is 2.18. The molecule has 0 saturated carbocycles. The first-order valence-electron chi connectivity index (χ1n) is 9.91. The number of nitrogens with zero attached hydrogens (tertiary/aromatic N) is 1. The summed E-state index contributed by atoms with van der Waals surface area (Å²) < 4.78 is 0. The van der Waals surface area contributed by atoms with E-state index in [1.165, 1.54) is 23.1 Å². The third-order valence-electron chi connectivity index (χ3n) is 6.16. The quantitative estimate of drug-likeness (QED) is 0.677. The predicted octanol–water partition coefficient (Wildman–Crippen LogP) is 4.58. The topological polar surface area (TPSA) is 55.7 Å². The predicted molar refractivity (Wildman–Crippen MR) is 116 cm³/mol. The fourth-order valence-electron chi connectivity index (χ4n) is 4.39. The summed E-state index contributed by atoms with van der Waals surface area (Å²) in [5.74, 6) is 1.32. The van der Waals surface area contributed by atoms with Gasteiger partial charge < -0.3 is 20.4 Å². The molecule has 2 atom stereocenters. The molecule has 0 aliphatic heterocycles. The van der Waals surface area contributed by atoms with Crippen LogP contribution < -0.4 is 10.2 Å². The number of phenolic OH excluding ortho intramolecular Hbond substituents is 1. The molecule has 0 bridgehead atoms. The Labute approximate surface area is 164 Å². The number of aromatic hydroxyl groups is 1. The number of hydrogen-bond acceptors (Lipinski definition) is 4. The van der Waals surface area contributed by atoms with Crippen molar-refractivity contribution < 1.29 is 10.2 Å². The second-order valence-corrected chi connectivity index (χ2v) is 8.20. The lowest BCUT2D eigenvalue weighted by molar-refractivity contribution is 0.332. The van der Waals surface area contributed by atoms with Crippen LogP contribution in [0.4, 0.5) is 5.69 Å². The summed E-state index contributed by atoms with van der Waals surface area (Å²) in [6.45, 7) is 9.67. The van der Waals surface area contributed by atoms with Crippen LogP contribution in [0.15, 0.2) is 18.2 Å². The van der Waals surface area contributed by atoms with Crippen molar-refractivity contribution in [3.8, 4) is 5.75 Å². The van der Waals surface area contributed by atoms with Gasteiger partial charge in [-0.1, -0.05) is 45.9 Å². The number of aliphatic hydroxyl groups is 1. The van der Waals surface area contributed by atoms with Crippen LogP contribution in [-0.2, 0) is 0 Å². The van der Waals surface area contributed by atoms with Gasteiger partial charge in [0.25, 0.3) is 0 Å². The number of allylic oxidation sites excluding steroid dienone is 3. The molecule has 0 radical (unpaired) electrons. The number of anilines is 1. The van der Waals surface area contributed by atoms with Crippen molar-refractivity contribution in [2.24, 2.45) is 11.3 Å². The summed E-state index contributed by atoms with van der Waals surface area (Å²) in [5, 5.41) is 21.3. The van der Waals surface area contributed by atoms with Crippen molar-refractivity contribution in [2.45, 2.75) is 46.5 Å². The summed E-state index contributed by atoms with van der Waals surface area (Å²) in [7, 11) is 5.00. The van der Waals surface area contributed by atoms with Crippen LogP contribution >= 0.6 is 0 Å². The van der Waals surface area contributed by atoms with Gasteiger partial charge in [0.05, 0.1) is 12.4 Å². The molecule has 0 spiro atoms. The minimum Gasteiger partial charge on any atom is -0.505 e. The number of hydrogen-bond donors (Lipinski definition) is 3. The summed E-state index contributed by atoms with van der Waals surface area (Å²) in [4.78, 5) is 2.14. The van der Waals surface area contributed by atoms with Crippen LogP contribution in [0.25, 0.3) is 11.6 Å². The standard InChI is InChI=1S/C22H32N2O.CH4O/c1-14(2)17-12-16-10-11-22(4)15(3)8-7-9-18(22)19(16)20(21(17)25)24(6)13-23-5;1-2/h9-12,14-15,23,25H,7-8,13H2,1-6H3;2H,1H3/t15-,22+;/m1./s1. The molecule has 3 rings (SSSR count). The molecule has 1 aromatic carbocycles. The molecule has 0 heterocycles. The van der Waals surface area contributed by atoms with Crippen molar-refractivity contribution in [1.82, 2.24) is 5.32 Å². The number of fused-ring (bicyclic) bond motifs is 3. The van der Waals surface area contributed by atoms with E-state index in [4.69, 9.17) is 5.11 Å². The van der Waals surface area contributed by atoms with Gasteiger partial charge in [0.1, 0.15) is 5.75 Å². The van der Waals surface area contributed by atoms with E-state index in [-0.39, 0.29) is 11.3 Å². The van der Waals surface area contributed by atoms with E-state index >= 15 is 0 Å². The van der Waals surface area contributed by atoms with Crippen molar-refractivity contribution >= 4 is 17.3 Å². The Kier molecular flexibility index (Phi) is 6.77. The van der Waals surface area contributed by atoms with Crippen molar-refractivity contribution in [3.05, 3.63) is 34.9 Å². The van der Waals surface area contributed by atoms with Gasteiger partial charge in [0.15, 0.2) is 0 Å². The maximum absolute atomic E-state index is 11.1. The van der Waals surface area contributed by atoms with Crippen LogP contribution in [-0.4, -0.2) is 38.1 Å². The Balaban J connectivity index is 0.00000126. The van der Waals surface area contributed by atoms with Crippen LogP contribution in [0.1, 0.15) is 63.1 Å². The fourth-order valence-corrected chi connectivity index (χ4v) is 4.39. The highest BCUT2D eigenvalue weighted by Gasteiger charge is 2.40. The minimum absolute atomic E-state index is 0.0479. The minimum atomic E-state index is 0.0479. The van der Waals surface area contributed by atoms with Gasteiger partial charge >= 0.3 is 0 Å². The van der Waals surface area contributed by atoms with E-state index < -0.39 is 0 Å². The third-order valence-corrected chi connectivity index (χ3v) is 6.16. The normalized spacial score (nSPS) is 23.1. The zero-order valence-corrected chi connectivity index (χ0v) is 17.9. The van der Waals surface area contributed by atoms with Gasteiger partial charge in [-0.05, 0) is 54.5 Å². The monoisotopic (exact) mass is 372 g/mol. The van der Waals surface area contributed by atoms with Crippen LogP contribution in [0.3, 0.4) is 0 Å². The van der Waals surface area contributed by atoms with Gasteiger partial charge in [-0.25, -0.2) is 0 Å². The first kappa shape index (κ1) is 21.5. The second-order valence-electron chi connectivity index (χ2n) is 8.20. The first-order valence-corrected chi connectivity index (χ1v) is 9.91. The molecular weight excluding hydrogens is 336 g/mol. The molecule has 3 N–H and O–H groups in total. The molecule has 0 aromatic heterocycles. The Morgan fingerprint density at radius 1 is 1.33 bits per heavy atom. The molecule has 0 saturated heterocycles. The summed E-state index contributed by atoms with van der Waals surface area (Å²) >= 11 is 0. The SMILES string of the molecule is CNCN(C)c1c(O)c(C(C)C)cc2c1C1=CCC[C@@H](C)[C@]1(C)C=C2.CO. The maximum atomic E-state index is 11.1. The molecule has 4 nitrogen and oxygen atoms in total. The largest absolute Gasteiger partial charge is 0.505 e. The van der Waals surface area contributed by atoms with E-state index in [0.717, 1.165) is 24.8 Å². The molecule has 27 heavy (non-hydrogen) atoms. The van der Waals surface area contributed by atoms with E-state index in [1.807, 2.05) is 7.05 Å². The van der Waals surface area contributed by atoms with Crippen LogP contribution in [0.5, 0.6) is 5.75 Å². The van der Waals surface area contributed by atoms with Gasteiger partial charge in [-0.2, -0.15) is 0 Å². The number of rotatable bonds is 4. The molecule has 0 unspecified atom stereocenters. The molecule has 4 heteroatoms. The highest BCUT2D eigenvalue weighted by molar-refractivity contribution is 5.93. The molecule has 2 aliphatic rings. The van der Waals surface area contributed by atoms with Gasteiger partial charge in [-0.15, -0.1) is 0 Å². The first-order chi connectivity index (χ1) is 12.8. The van der Waals surface area contributed by atoms with Gasteiger partial charge in [0, 0.05) is 25.1 Å². The molecule has 0 amide bonds. The second kappa shape index (κ2) is 8.49. The number of aliphatic hydroxyl groups excluding tert-OH is 1. The third kappa shape index (κ3) is 3.65. The Bertz CT molecular complexity index is 736. The highest BCUT2D eigenvalue weighted by atomic mass is 16.3. The van der Waals surface area contributed by atoms with E-state index in [9.17, 15) is 5.11 Å². The maximum Gasteiger partial charge on any atom is 0.143 e. The molecule has 1 aromatic rings. The summed E-state index contributed by atoms with van der Waals surface area (Å²) in [6.07, 6.45) is 9.39. The number of benzene rings is 1. The lowest BCUT2D eigenvalue weighted by Crippen LogP contribution is -2.33. The van der Waals surface area contributed by atoms with E-state index in [1.54, 1.807) is 0 Å². The summed E-state index contributed by atoms with van der Waals surface area (Å²) in [5.41, 5.74) is 5.87. The smallest absolute Gasteiger partial charge is 0.143 e. The Hall–Kier alpha value is -1.78. The van der Waals surface area contributed by atoms with Crippen molar-refractivity contribution in [1.29, 1.82) is 0 Å². The van der Waals surface area contributed by atoms with Crippen molar-refractivity contribution in [2.75, 3.05) is 32.8 Å². The fraction of sp³-hybridized carbons (Fsp3) is 0.565. The molecular formula is C23H36N2O2. The van der Waals surface area contributed by atoms with E-state index in [2.05, 4.69) is 69.3 Å². The van der Waals surface area contributed by atoms with E-state index in [0.29, 0.717) is 18.3 Å². The Morgan fingerprint density at radius 3 is 2.59 bits per heavy atom. The van der Waals surface area contributed by atoms with Gasteiger partial charge in [-0.3, -0.25) is 0 Å².